The Morgan fingerprint density at radius 1 is 1.50 bits per heavy atom. The molecule has 16 heavy (non-hydrogen) atoms. The Hall–Kier alpha value is -0.870. The molecule has 2 heterocycles. The SMILES string of the molecule is Cc1ccsc1C1C(N)CC(=O)N1C1CC1. The molecule has 1 aliphatic carbocycles. The van der Waals surface area contributed by atoms with E-state index in [2.05, 4.69) is 18.4 Å². The highest BCUT2D eigenvalue weighted by molar-refractivity contribution is 7.10. The molecule has 1 amide bonds. The van der Waals surface area contributed by atoms with Gasteiger partial charge >= 0.3 is 0 Å². The van der Waals surface area contributed by atoms with Crippen molar-refractivity contribution in [3.05, 3.63) is 21.9 Å². The lowest BCUT2D eigenvalue weighted by atomic mass is 10.1. The monoisotopic (exact) mass is 236 g/mol. The zero-order valence-corrected chi connectivity index (χ0v) is 10.2. The molecule has 1 aliphatic heterocycles. The summed E-state index contributed by atoms with van der Waals surface area (Å²) < 4.78 is 0. The van der Waals surface area contributed by atoms with Gasteiger partial charge in [-0.2, -0.15) is 0 Å². The lowest BCUT2D eigenvalue weighted by Crippen LogP contribution is -2.34. The molecule has 0 radical (unpaired) electrons. The number of aryl methyl sites for hydroxylation is 1. The van der Waals surface area contributed by atoms with Crippen molar-refractivity contribution in [3.63, 3.8) is 0 Å². The minimum absolute atomic E-state index is 0.0227. The highest BCUT2D eigenvalue weighted by atomic mass is 32.1. The second-order valence-corrected chi connectivity index (χ2v) is 5.76. The van der Waals surface area contributed by atoms with E-state index >= 15 is 0 Å². The smallest absolute Gasteiger partial charge is 0.225 e. The third kappa shape index (κ3) is 1.48. The first-order chi connectivity index (χ1) is 7.68. The summed E-state index contributed by atoms with van der Waals surface area (Å²) in [6.45, 7) is 2.10. The number of carbonyl (C=O) groups excluding carboxylic acids is 1. The summed E-state index contributed by atoms with van der Waals surface area (Å²) in [6.07, 6.45) is 2.82. The Balaban J connectivity index is 1.97. The van der Waals surface area contributed by atoms with E-state index < -0.39 is 0 Å². The fourth-order valence-electron chi connectivity index (χ4n) is 2.57. The molecule has 86 valence electrons. The Morgan fingerprint density at radius 2 is 2.25 bits per heavy atom. The van der Waals surface area contributed by atoms with Crippen LogP contribution in [0.25, 0.3) is 0 Å². The topological polar surface area (TPSA) is 46.3 Å². The zero-order valence-electron chi connectivity index (χ0n) is 9.35. The normalized spacial score (nSPS) is 30.1. The molecule has 2 fully saturated rings. The molecule has 3 nitrogen and oxygen atoms in total. The van der Waals surface area contributed by atoms with E-state index in [-0.39, 0.29) is 18.0 Å². The molecule has 4 heteroatoms. The second kappa shape index (κ2) is 3.57. The summed E-state index contributed by atoms with van der Waals surface area (Å²) >= 11 is 1.73. The van der Waals surface area contributed by atoms with Crippen LogP contribution in [0.2, 0.25) is 0 Å². The minimum atomic E-state index is -0.0227. The number of hydrogen-bond acceptors (Lipinski definition) is 3. The van der Waals surface area contributed by atoms with Crippen LogP contribution in [0.4, 0.5) is 0 Å². The maximum Gasteiger partial charge on any atom is 0.225 e. The van der Waals surface area contributed by atoms with Gasteiger partial charge in [0.2, 0.25) is 5.91 Å². The minimum Gasteiger partial charge on any atom is -0.330 e. The largest absolute Gasteiger partial charge is 0.330 e. The quantitative estimate of drug-likeness (QED) is 0.851. The van der Waals surface area contributed by atoms with Crippen LogP contribution in [0.15, 0.2) is 11.4 Å². The Kier molecular flexibility index (Phi) is 2.30. The van der Waals surface area contributed by atoms with Gasteiger partial charge in [-0.1, -0.05) is 0 Å². The molecule has 2 unspecified atom stereocenters. The maximum atomic E-state index is 11.9. The molecule has 1 saturated carbocycles. The van der Waals surface area contributed by atoms with Crippen LogP contribution in [0, 0.1) is 6.92 Å². The van der Waals surface area contributed by atoms with Gasteiger partial charge in [0.25, 0.3) is 0 Å². The zero-order chi connectivity index (χ0) is 11.3. The van der Waals surface area contributed by atoms with Gasteiger partial charge in [-0.05, 0) is 36.8 Å². The third-order valence-electron chi connectivity index (χ3n) is 3.51. The maximum absolute atomic E-state index is 11.9. The third-order valence-corrected chi connectivity index (χ3v) is 4.60. The van der Waals surface area contributed by atoms with Gasteiger partial charge in [0.05, 0.1) is 6.04 Å². The number of rotatable bonds is 2. The predicted molar refractivity (Wildman–Crippen MR) is 64.3 cm³/mol. The van der Waals surface area contributed by atoms with Gasteiger partial charge in [0.1, 0.15) is 0 Å². The van der Waals surface area contributed by atoms with Crippen LogP contribution in [-0.2, 0) is 4.79 Å². The summed E-state index contributed by atoms with van der Waals surface area (Å²) in [6, 6.07) is 2.69. The van der Waals surface area contributed by atoms with E-state index in [9.17, 15) is 4.79 Å². The Morgan fingerprint density at radius 3 is 2.81 bits per heavy atom. The van der Waals surface area contributed by atoms with Crippen molar-refractivity contribution in [1.29, 1.82) is 0 Å². The fourth-order valence-corrected chi connectivity index (χ4v) is 3.67. The summed E-state index contributed by atoms with van der Waals surface area (Å²) in [7, 11) is 0. The van der Waals surface area contributed by atoms with Gasteiger partial charge < -0.3 is 10.6 Å². The molecule has 0 spiro atoms. The van der Waals surface area contributed by atoms with Crippen LogP contribution in [0.3, 0.4) is 0 Å². The van der Waals surface area contributed by atoms with E-state index in [1.54, 1.807) is 11.3 Å². The van der Waals surface area contributed by atoms with Crippen molar-refractivity contribution in [2.45, 2.75) is 44.3 Å². The van der Waals surface area contributed by atoms with Crippen LogP contribution >= 0.6 is 11.3 Å². The van der Waals surface area contributed by atoms with Crippen LogP contribution in [-0.4, -0.2) is 22.9 Å². The van der Waals surface area contributed by atoms with Crippen molar-refractivity contribution in [3.8, 4) is 0 Å². The number of thiophene rings is 1. The summed E-state index contributed by atoms with van der Waals surface area (Å²) in [5.41, 5.74) is 7.40. The van der Waals surface area contributed by atoms with Gasteiger partial charge in [-0.3, -0.25) is 4.79 Å². The lowest BCUT2D eigenvalue weighted by Gasteiger charge is -2.26. The molecule has 2 N–H and O–H groups in total. The summed E-state index contributed by atoms with van der Waals surface area (Å²) in [5.74, 6) is 0.243. The van der Waals surface area contributed by atoms with E-state index in [0.29, 0.717) is 12.5 Å². The molecule has 1 aromatic rings. The number of carbonyl (C=O) groups is 1. The molecule has 1 saturated heterocycles. The summed E-state index contributed by atoms with van der Waals surface area (Å²) in [5, 5.41) is 2.09. The lowest BCUT2D eigenvalue weighted by molar-refractivity contribution is -0.129. The van der Waals surface area contributed by atoms with Crippen LogP contribution in [0.1, 0.15) is 35.7 Å². The second-order valence-electron chi connectivity index (χ2n) is 4.81. The van der Waals surface area contributed by atoms with Crippen molar-refractivity contribution in [2.75, 3.05) is 0 Å². The highest BCUT2D eigenvalue weighted by Gasteiger charge is 2.46. The molecule has 1 aromatic heterocycles. The summed E-state index contributed by atoms with van der Waals surface area (Å²) in [4.78, 5) is 15.3. The van der Waals surface area contributed by atoms with Crippen molar-refractivity contribution >= 4 is 17.2 Å². The average Bonchev–Trinajstić information content (AvgIpc) is 2.91. The predicted octanol–water partition coefficient (Wildman–Crippen LogP) is 1.82. The first-order valence-electron chi connectivity index (χ1n) is 5.79. The number of likely N-dealkylation sites (tertiary alicyclic amines) is 1. The first-order valence-corrected chi connectivity index (χ1v) is 6.67. The highest BCUT2D eigenvalue weighted by Crippen LogP contribution is 2.43. The molecule has 2 aliphatic rings. The number of hydrogen-bond donors (Lipinski definition) is 1. The van der Waals surface area contributed by atoms with Crippen molar-refractivity contribution < 1.29 is 4.79 Å². The van der Waals surface area contributed by atoms with Gasteiger partial charge in [0, 0.05) is 23.4 Å². The average molecular weight is 236 g/mol. The van der Waals surface area contributed by atoms with E-state index in [4.69, 9.17) is 5.73 Å². The fraction of sp³-hybridized carbons (Fsp3) is 0.583. The van der Waals surface area contributed by atoms with E-state index in [1.165, 1.54) is 10.4 Å². The number of amides is 1. The molecule has 0 bridgehead atoms. The Labute approximate surface area is 99.2 Å². The molecular formula is C12H16N2OS. The van der Waals surface area contributed by atoms with Gasteiger partial charge in [-0.25, -0.2) is 0 Å². The molecule has 2 atom stereocenters. The van der Waals surface area contributed by atoms with Crippen molar-refractivity contribution in [1.82, 2.24) is 4.90 Å². The van der Waals surface area contributed by atoms with Crippen LogP contribution in [0.5, 0.6) is 0 Å². The Bertz CT molecular complexity index is 424. The van der Waals surface area contributed by atoms with E-state index in [0.717, 1.165) is 12.8 Å². The molecular weight excluding hydrogens is 220 g/mol. The van der Waals surface area contributed by atoms with Crippen molar-refractivity contribution in [2.24, 2.45) is 5.73 Å². The molecule has 0 aromatic carbocycles. The van der Waals surface area contributed by atoms with Gasteiger partial charge in [0.15, 0.2) is 0 Å². The first kappa shape index (κ1) is 10.3. The number of nitrogens with zero attached hydrogens (tertiary/aromatic N) is 1. The molecule has 3 rings (SSSR count). The standard InChI is InChI=1S/C12H16N2OS/c1-7-4-5-16-12(7)11-9(13)6-10(15)14(11)8-2-3-8/h4-5,8-9,11H,2-3,6,13H2,1H3. The number of nitrogens with two attached hydrogens (primary N) is 1. The van der Waals surface area contributed by atoms with Crippen LogP contribution < -0.4 is 5.73 Å². The van der Waals surface area contributed by atoms with E-state index in [1.807, 2.05) is 4.90 Å². The van der Waals surface area contributed by atoms with Gasteiger partial charge in [-0.15, -0.1) is 11.3 Å².